The van der Waals surface area contributed by atoms with Crippen LogP contribution in [0.5, 0.6) is 5.75 Å². The van der Waals surface area contributed by atoms with Gasteiger partial charge in [0.1, 0.15) is 11.3 Å². The number of nitrogens with one attached hydrogen (secondary N) is 1. The Bertz CT molecular complexity index is 770. The number of methoxy groups -OCH3 is 1. The highest BCUT2D eigenvalue weighted by Gasteiger charge is 2.62. The molecule has 1 aliphatic heterocycles. The molecule has 2 fully saturated rings. The molecule has 3 rings (SSSR count). The highest BCUT2D eigenvalue weighted by atomic mass is 35.5. The zero-order valence-electron chi connectivity index (χ0n) is 17.6. The van der Waals surface area contributed by atoms with Crippen LogP contribution in [0.3, 0.4) is 0 Å². The molecule has 162 valence electrons. The lowest BCUT2D eigenvalue weighted by atomic mass is 9.54. The molecule has 0 bridgehead atoms. The molecule has 1 heterocycles. The van der Waals surface area contributed by atoms with Crippen molar-refractivity contribution in [1.82, 2.24) is 0 Å². The quantitative estimate of drug-likeness (QED) is 0.730. The molecule has 1 aliphatic carbocycles. The molecule has 1 aromatic carbocycles. The van der Waals surface area contributed by atoms with E-state index >= 15 is 0 Å². The molecule has 1 aromatic rings. The van der Waals surface area contributed by atoms with E-state index in [4.69, 9.17) is 15.2 Å². The zero-order valence-corrected chi connectivity index (χ0v) is 18.4. The fourth-order valence-corrected chi connectivity index (χ4v) is 4.10. The summed E-state index contributed by atoms with van der Waals surface area (Å²) < 4.78 is 11.1. The van der Waals surface area contributed by atoms with Crippen molar-refractivity contribution in [2.24, 2.45) is 11.1 Å². The first kappa shape index (κ1) is 23.4. The Morgan fingerprint density at radius 3 is 2.66 bits per heavy atom. The van der Waals surface area contributed by atoms with Crippen LogP contribution >= 0.6 is 12.4 Å². The van der Waals surface area contributed by atoms with E-state index in [1.165, 1.54) is 0 Å². The van der Waals surface area contributed by atoms with Crippen LogP contribution in [0.4, 0.5) is 11.4 Å². The minimum Gasteiger partial charge on any atom is -0.495 e. The third kappa shape index (κ3) is 4.09. The Labute approximate surface area is 178 Å². The molecule has 7 nitrogen and oxygen atoms in total. The van der Waals surface area contributed by atoms with E-state index in [9.17, 15) is 9.59 Å². The predicted octanol–water partition coefficient (Wildman–Crippen LogP) is 3.10. The van der Waals surface area contributed by atoms with E-state index in [2.05, 4.69) is 5.32 Å². The molecule has 1 saturated heterocycles. The summed E-state index contributed by atoms with van der Waals surface area (Å²) in [7, 11) is 1.57. The second kappa shape index (κ2) is 8.90. The number of carbonyl (C=O) groups is 2. The Kier molecular flexibility index (Phi) is 7.19. The predicted molar refractivity (Wildman–Crippen MR) is 116 cm³/mol. The van der Waals surface area contributed by atoms with Crippen molar-refractivity contribution in [3.8, 4) is 5.75 Å². The molecular formula is C21H32ClN3O4. The summed E-state index contributed by atoms with van der Waals surface area (Å²) in [4.78, 5) is 27.1. The van der Waals surface area contributed by atoms with Gasteiger partial charge in [-0.05, 0) is 38.0 Å². The Hall–Kier alpha value is -1.83. The third-order valence-corrected chi connectivity index (χ3v) is 6.29. The lowest BCUT2D eigenvalue weighted by Gasteiger charge is -2.57. The standard InChI is InChI=1S/C21H31N3O4.ClH/c1-5-28-17-13-21(22,20(17,2)3)19(26)23-14-9-10-16(27-4)15(12-14)24-11-7-6-8-18(24)25;/h9-10,12,17H,5-8,11,13,22H2,1-4H3,(H,23,26);1H. The first-order valence-corrected chi connectivity index (χ1v) is 9.95. The number of ether oxygens (including phenoxy) is 2. The molecule has 2 atom stereocenters. The number of nitrogens with zero attached hydrogens (tertiary/aromatic N) is 1. The van der Waals surface area contributed by atoms with Gasteiger partial charge in [-0.2, -0.15) is 0 Å². The maximum atomic E-state index is 13.0. The van der Waals surface area contributed by atoms with Gasteiger partial charge in [-0.3, -0.25) is 9.59 Å². The van der Waals surface area contributed by atoms with Gasteiger partial charge in [0.15, 0.2) is 0 Å². The van der Waals surface area contributed by atoms with Crippen LogP contribution in [0.2, 0.25) is 0 Å². The lowest BCUT2D eigenvalue weighted by molar-refractivity contribution is -0.166. The zero-order chi connectivity index (χ0) is 20.5. The highest BCUT2D eigenvalue weighted by Crippen LogP contribution is 2.50. The monoisotopic (exact) mass is 425 g/mol. The van der Waals surface area contributed by atoms with Crippen molar-refractivity contribution in [3.63, 3.8) is 0 Å². The minimum absolute atomic E-state index is 0. The molecule has 8 heteroatoms. The average Bonchev–Trinajstić information content (AvgIpc) is 2.68. The molecule has 2 unspecified atom stereocenters. The summed E-state index contributed by atoms with van der Waals surface area (Å²) in [5.74, 6) is 0.439. The van der Waals surface area contributed by atoms with Crippen molar-refractivity contribution in [3.05, 3.63) is 18.2 Å². The van der Waals surface area contributed by atoms with Crippen molar-refractivity contribution in [2.75, 3.05) is 30.5 Å². The number of benzene rings is 1. The summed E-state index contributed by atoms with van der Waals surface area (Å²) in [6, 6.07) is 5.32. The number of amides is 2. The van der Waals surface area contributed by atoms with E-state index < -0.39 is 11.0 Å². The van der Waals surface area contributed by atoms with Gasteiger partial charge in [0.25, 0.3) is 0 Å². The van der Waals surface area contributed by atoms with Crippen LogP contribution < -0.4 is 20.7 Å². The molecule has 2 amide bonds. The Morgan fingerprint density at radius 2 is 2.07 bits per heavy atom. The first-order valence-electron chi connectivity index (χ1n) is 9.95. The summed E-state index contributed by atoms with van der Waals surface area (Å²) in [6.45, 7) is 7.10. The summed E-state index contributed by atoms with van der Waals surface area (Å²) in [6.07, 6.45) is 2.82. The number of anilines is 2. The number of piperidine rings is 1. The molecule has 1 saturated carbocycles. The number of hydrogen-bond donors (Lipinski definition) is 2. The maximum absolute atomic E-state index is 13.0. The van der Waals surface area contributed by atoms with Gasteiger partial charge < -0.3 is 25.4 Å². The first-order chi connectivity index (χ1) is 13.2. The third-order valence-electron chi connectivity index (χ3n) is 6.29. The number of carbonyl (C=O) groups excluding carboxylic acids is 2. The van der Waals surface area contributed by atoms with Crippen molar-refractivity contribution < 1.29 is 19.1 Å². The molecule has 0 radical (unpaired) electrons. The van der Waals surface area contributed by atoms with Crippen molar-refractivity contribution in [1.29, 1.82) is 0 Å². The average molecular weight is 426 g/mol. The fraction of sp³-hybridized carbons (Fsp3) is 0.619. The van der Waals surface area contributed by atoms with Gasteiger partial charge in [0.2, 0.25) is 11.8 Å². The van der Waals surface area contributed by atoms with Crippen LogP contribution in [-0.4, -0.2) is 43.7 Å². The summed E-state index contributed by atoms with van der Waals surface area (Å²) >= 11 is 0. The maximum Gasteiger partial charge on any atom is 0.245 e. The molecule has 0 spiro atoms. The lowest BCUT2D eigenvalue weighted by Crippen LogP contribution is -2.74. The van der Waals surface area contributed by atoms with E-state index in [-0.39, 0.29) is 30.3 Å². The second-order valence-electron chi connectivity index (χ2n) is 8.18. The van der Waals surface area contributed by atoms with Crippen molar-refractivity contribution >= 4 is 35.6 Å². The number of nitrogens with two attached hydrogens (primary N) is 1. The van der Waals surface area contributed by atoms with Gasteiger partial charge in [0.05, 0.1) is 18.9 Å². The number of rotatable bonds is 6. The van der Waals surface area contributed by atoms with Gasteiger partial charge in [0, 0.05) is 37.1 Å². The van der Waals surface area contributed by atoms with Gasteiger partial charge in [-0.15, -0.1) is 12.4 Å². The molecule has 2 aliphatic rings. The van der Waals surface area contributed by atoms with Crippen LogP contribution in [0, 0.1) is 5.41 Å². The van der Waals surface area contributed by atoms with Gasteiger partial charge >= 0.3 is 0 Å². The topological polar surface area (TPSA) is 93.9 Å². The Balaban J connectivity index is 0.00000300. The van der Waals surface area contributed by atoms with Crippen LogP contribution in [0.15, 0.2) is 18.2 Å². The second-order valence-corrected chi connectivity index (χ2v) is 8.18. The van der Waals surface area contributed by atoms with Crippen LogP contribution in [0.25, 0.3) is 0 Å². The largest absolute Gasteiger partial charge is 0.495 e. The minimum atomic E-state index is -1.01. The summed E-state index contributed by atoms with van der Waals surface area (Å²) in [5, 5.41) is 2.94. The summed E-state index contributed by atoms with van der Waals surface area (Å²) in [5.41, 5.74) is 6.27. The van der Waals surface area contributed by atoms with Gasteiger partial charge in [-0.25, -0.2) is 0 Å². The van der Waals surface area contributed by atoms with E-state index in [0.717, 1.165) is 12.8 Å². The van der Waals surface area contributed by atoms with Crippen molar-refractivity contribution in [2.45, 2.75) is 58.1 Å². The molecular weight excluding hydrogens is 394 g/mol. The highest BCUT2D eigenvalue weighted by molar-refractivity contribution is 6.01. The van der Waals surface area contributed by atoms with Crippen LogP contribution in [0.1, 0.15) is 46.5 Å². The van der Waals surface area contributed by atoms with E-state index in [1.807, 2.05) is 20.8 Å². The molecule has 0 aromatic heterocycles. The SMILES string of the molecule is CCOC1CC(N)(C(=O)Nc2ccc(OC)c(N3CCCCC3=O)c2)C1(C)C.Cl. The molecule has 29 heavy (non-hydrogen) atoms. The number of halogens is 1. The smallest absolute Gasteiger partial charge is 0.245 e. The Morgan fingerprint density at radius 1 is 1.34 bits per heavy atom. The fourth-order valence-electron chi connectivity index (χ4n) is 4.10. The van der Waals surface area contributed by atoms with Crippen LogP contribution in [-0.2, 0) is 14.3 Å². The number of hydrogen-bond acceptors (Lipinski definition) is 5. The molecule has 3 N–H and O–H groups in total. The van der Waals surface area contributed by atoms with E-state index in [0.29, 0.717) is 43.1 Å². The van der Waals surface area contributed by atoms with Gasteiger partial charge in [-0.1, -0.05) is 13.8 Å². The normalized spacial score (nSPS) is 25.6. The van der Waals surface area contributed by atoms with E-state index in [1.54, 1.807) is 30.2 Å².